The number of aliphatic carboxylic acids is 2. The molecule has 0 aromatic carbocycles. The zero-order valence-corrected chi connectivity index (χ0v) is 33.9. The molecule has 0 radical (unpaired) electrons. The minimum absolute atomic E-state index is 0.341. The summed E-state index contributed by atoms with van der Waals surface area (Å²) in [5.74, 6) is -2.56. The van der Waals surface area contributed by atoms with Crippen LogP contribution in [0.3, 0.4) is 0 Å². The van der Waals surface area contributed by atoms with Crippen molar-refractivity contribution in [2.24, 2.45) is 5.41 Å². The van der Waals surface area contributed by atoms with Gasteiger partial charge in [-0.1, -0.05) is 34.3 Å². The molecular weight excluding hydrogens is 597 g/mol. The van der Waals surface area contributed by atoms with Gasteiger partial charge in [0, 0.05) is 15.6 Å². The van der Waals surface area contributed by atoms with E-state index in [0.29, 0.717) is 12.8 Å². The van der Waals surface area contributed by atoms with E-state index < -0.39 is 79.3 Å². The third kappa shape index (κ3) is 9.41. The smallest absolute Gasteiger partial charge is 0.332 e. The molecule has 2 atom stereocenters. The molecule has 8 nitrogen and oxygen atoms in total. The van der Waals surface area contributed by atoms with E-state index in [9.17, 15) is 19.8 Å². The highest BCUT2D eigenvalue weighted by Gasteiger charge is 2.73. The number of carboxylic acids is 2. The summed E-state index contributed by atoms with van der Waals surface area (Å²) in [5, 5.41) is 19.6. The highest BCUT2D eigenvalue weighted by atomic mass is 28.5. The zero-order valence-electron chi connectivity index (χ0n) is 27.6. The molecule has 2 unspecified atom stereocenters. The van der Waals surface area contributed by atoms with Crippen molar-refractivity contribution < 1.29 is 36.3 Å². The van der Waals surface area contributed by atoms with Gasteiger partial charge in [-0.15, -0.1) is 0 Å². The third-order valence-electron chi connectivity index (χ3n) is 7.10. The van der Waals surface area contributed by atoms with Crippen molar-refractivity contribution >= 4 is 63.8 Å². The highest BCUT2D eigenvalue weighted by Crippen LogP contribution is 2.70. The Morgan fingerprint density at radius 2 is 0.872 bits per heavy atom. The molecule has 0 aromatic rings. The molecule has 0 bridgehead atoms. The number of hydrogen-bond acceptors (Lipinski definition) is 6. The molecule has 0 heterocycles. The topological polar surface area (TPSA) is 112 Å². The van der Waals surface area contributed by atoms with Crippen LogP contribution in [-0.2, 0) is 26.0 Å². The van der Waals surface area contributed by atoms with Crippen molar-refractivity contribution in [1.29, 1.82) is 0 Å². The monoisotopic (exact) mass is 654 g/mol. The second-order valence-electron chi connectivity index (χ2n) is 15.0. The lowest BCUT2D eigenvalue weighted by Gasteiger charge is -2.59. The maximum atomic E-state index is 14.0. The van der Waals surface area contributed by atoms with Gasteiger partial charge in [0.05, 0.1) is 0 Å². The van der Waals surface area contributed by atoms with E-state index in [0.717, 1.165) is 0 Å². The van der Waals surface area contributed by atoms with Crippen molar-refractivity contribution in [1.82, 2.24) is 0 Å². The summed E-state index contributed by atoms with van der Waals surface area (Å²) in [5.41, 5.74) is -2.31. The van der Waals surface area contributed by atoms with E-state index in [2.05, 4.69) is 85.1 Å². The van der Waals surface area contributed by atoms with Gasteiger partial charge in [-0.3, -0.25) is 4.79 Å². The second-order valence-corrected chi connectivity index (χ2v) is 39.5. The molecule has 0 saturated carbocycles. The van der Waals surface area contributed by atoms with Gasteiger partial charge in [0.2, 0.25) is 0 Å². The Bertz CT molecular complexity index is 805. The van der Waals surface area contributed by atoms with Crippen molar-refractivity contribution in [3.8, 4) is 0 Å². The van der Waals surface area contributed by atoms with Gasteiger partial charge in [-0.2, -0.15) is 0 Å². The molecule has 230 valence electrons. The Kier molecular flexibility index (Phi) is 12.9. The lowest BCUT2D eigenvalue weighted by Crippen LogP contribution is -2.66. The van der Waals surface area contributed by atoms with Gasteiger partial charge in [0.25, 0.3) is 0 Å². The first-order chi connectivity index (χ1) is 17.0. The molecule has 0 amide bonds. The summed E-state index contributed by atoms with van der Waals surface area (Å²) in [6.45, 7) is 36.3. The van der Waals surface area contributed by atoms with Gasteiger partial charge >= 0.3 is 30.5 Å². The Morgan fingerprint density at radius 1 is 0.641 bits per heavy atom. The van der Waals surface area contributed by atoms with Crippen LogP contribution in [0.1, 0.15) is 40.5 Å². The molecule has 0 spiro atoms. The minimum Gasteiger partial charge on any atom is -0.481 e. The molecule has 0 saturated heterocycles. The lowest BCUT2D eigenvalue weighted by atomic mass is 9.60. The fourth-order valence-corrected chi connectivity index (χ4v) is 23.7. The summed E-state index contributed by atoms with van der Waals surface area (Å²) in [6.07, 6.45) is 0.683. The van der Waals surface area contributed by atoms with Crippen LogP contribution in [0.25, 0.3) is 0 Å². The highest BCUT2D eigenvalue weighted by molar-refractivity contribution is 6.83. The zero-order chi connectivity index (χ0) is 31.6. The molecule has 0 rings (SSSR count). The first kappa shape index (κ1) is 38.8. The van der Waals surface area contributed by atoms with E-state index in [1.807, 2.05) is 27.7 Å². The van der Waals surface area contributed by atoms with E-state index in [-0.39, 0.29) is 5.57 Å². The van der Waals surface area contributed by atoms with Gasteiger partial charge in [0.1, 0.15) is 5.41 Å². The maximum Gasteiger partial charge on any atom is 0.332 e. The SMILES string of the molecule is C=C(C(=O)O)C(C(=O)O)(C(C)(CC)[SiH](O[Si](C)(C)C)O[Si](C)(C)C)C(C)(CC)[SiH](O[Si](C)(C)C)O[Si](C)(C)C. The first-order valence-corrected chi connectivity index (χ1v) is 30.6. The normalized spacial score (nSPS) is 18.4. The summed E-state index contributed by atoms with van der Waals surface area (Å²) in [6, 6.07) is 0. The van der Waals surface area contributed by atoms with Gasteiger partial charge in [-0.25, -0.2) is 4.79 Å². The lowest BCUT2D eigenvalue weighted by molar-refractivity contribution is -0.156. The van der Waals surface area contributed by atoms with Crippen LogP contribution >= 0.6 is 0 Å². The number of carbonyl (C=O) groups is 2. The molecule has 39 heavy (non-hydrogen) atoms. The Labute approximate surface area is 246 Å². The molecule has 14 heteroatoms. The number of carboxylic acid groups (broad SMARTS) is 2. The summed E-state index contributed by atoms with van der Waals surface area (Å²) < 4.78 is 27.3. The van der Waals surface area contributed by atoms with Crippen LogP contribution in [0.15, 0.2) is 12.2 Å². The standard InChI is InChI=1S/C25H58O8Si6/c1-18-23(4,34(30-36(6,7)8)31-37(9,10)11)25(22(28)29,20(3)21(26)27)24(5,19-2)35(32-38(12,13)14)33-39(15,16)17/h34-35H,3,18-19H2,1-2,4-17H3,(H,26,27)(H,28,29). The van der Waals surface area contributed by atoms with E-state index in [1.54, 1.807) is 0 Å². The fourth-order valence-electron chi connectivity index (χ4n) is 5.19. The number of hydrogen-bond donors (Lipinski definition) is 2. The van der Waals surface area contributed by atoms with Crippen LogP contribution in [0.5, 0.6) is 0 Å². The second kappa shape index (κ2) is 13.0. The summed E-state index contributed by atoms with van der Waals surface area (Å²) in [4.78, 5) is 26.9. The molecule has 0 aromatic heterocycles. The van der Waals surface area contributed by atoms with Crippen molar-refractivity contribution in [3.05, 3.63) is 12.2 Å². The molecular formula is C25H58O8Si6. The van der Waals surface area contributed by atoms with E-state index >= 15 is 0 Å². The predicted molar refractivity (Wildman–Crippen MR) is 176 cm³/mol. The van der Waals surface area contributed by atoms with Crippen LogP contribution < -0.4 is 0 Å². The van der Waals surface area contributed by atoms with Crippen molar-refractivity contribution in [2.75, 3.05) is 0 Å². The van der Waals surface area contributed by atoms with E-state index in [4.69, 9.17) is 16.5 Å². The Morgan fingerprint density at radius 3 is 1.00 bits per heavy atom. The molecule has 0 fully saturated rings. The van der Waals surface area contributed by atoms with E-state index in [1.165, 1.54) is 0 Å². The molecule has 0 aliphatic heterocycles. The molecule has 2 N–H and O–H groups in total. The van der Waals surface area contributed by atoms with Crippen LogP contribution in [0.4, 0.5) is 0 Å². The number of rotatable bonds is 17. The average Bonchev–Trinajstić information content (AvgIpc) is 2.67. The quantitative estimate of drug-likeness (QED) is 0.129. The third-order valence-corrected chi connectivity index (χ3v) is 25.6. The van der Waals surface area contributed by atoms with Gasteiger partial charge in [-0.05, 0) is 91.4 Å². The molecule has 0 aliphatic rings. The van der Waals surface area contributed by atoms with Crippen LogP contribution in [0, 0.1) is 5.41 Å². The average molecular weight is 655 g/mol. The van der Waals surface area contributed by atoms with Gasteiger partial charge in [0.15, 0.2) is 33.3 Å². The van der Waals surface area contributed by atoms with Crippen molar-refractivity contribution in [2.45, 2.75) is 129 Å². The first-order valence-electron chi connectivity index (χ1n) is 13.9. The Hall–Kier alpha value is -0.179. The summed E-state index contributed by atoms with van der Waals surface area (Å²) >= 11 is 0. The fraction of sp³-hybridized carbons (Fsp3) is 0.840. The summed E-state index contributed by atoms with van der Waals surface area (Å²) in [7, 11) is -14.8. The van der Waals surface area contributed by atoms with Crippen molar-refractivity contribution in [3.63, 3.8) is 0 Å². The van der Waals surface area contributed by atoms with Crippen LogP contribution in [0.2, 0.25) is 88.6 Å². The van der Waals surface area contributed by atoms with Gasteiger partial charge < -0.3 is 26.7 Å². The minimum atomic E-state index is -2.90. The predicted octanol–water partition coefficient (Wildman–Crippen LogP) is 6.89. The molecule has 0 aliphatic carbocycles. The largest absolute Gasteiger partial charge is 0.481 e. The maximum absolute atomic E-state index is 14.0. The Balaban J connectivity index is 8.17. The van der Waals surface area contributed by atoms with Crippen LogP contribution in [-0.4, -0.2) is 74.0 Å².